The first-order chi connectivity index (χ1) is 7.79. The summed E-state index contributed by atoms with van der Waals surface area (Å²) in [7, 11) is 1.75. The number of benzene rings is 1. The van der Waals surface area contributed by atoms with Gasteiger partial charge >= 0.3 is 0 Å². The van der Waals surface area contributed by atoms with Gasteiger partial charge in [-0.2, -0.15) is 0 Å². The molecule has 1 aliphatic rings. The third-order valence-electron chi connectivity index (χ3n) is 2.78. The molecule has 1 aromatic rings. The van der Waals surface area contributed by atoms with Crippen LogP contribution in [0.25, 0.3) is 0 Å². The smallest absolute Gasteiger partial charge is 0.0587 e. The Morgan fingerprint density at radius 3 is 3.12 bits per heavy atom. The lowest BCUT2D eigenvalue weighted by atomic mass is 10.1. The number of fused-ring (bicyclic) bond motifs is 1. The molecule has 1 unspecified atom stereocenters. The van der Waals surface area contributed by atoms with Gasteiger partial charge in [-0.15, -0.1) is 0 Å². The lowest BCUT2D eigenvalue weighted by Gasteiger charge is -2.28. The molecule has 0 radical (unpaired) electrons. The van der Waals surface area contributed by atoms with E-state index in [4.69, 9.17) is 4.74 Å². The summed E-state index contributed by atoms with van der Waals surface area (Å²) in [5, 5.41) is 7.03. The highest BCUT2D eigenvalue weighted by Gasteiger charge is 2.16. The van der Waals surface area contributed by atoms with Crippen LogP contribution in [-0.2, 0) is 4.74 Å². The molecule has 0 spiro atoms. The fourth-order valence-corrected chi connectivity index (χ4v) is 2.43. The minimum Gasteiger partial charge on any atom is -0.385 e. The first kappa shape index (κ1) is 12.0. The normalized spacial score (nSPS) is 18.5. The van der Waals surface area contributed by atoms with Crippen LogP contribution < -0.4 is 10.6 Å². The van der Waals surface area contributed by atoms with Crippen LogP contribution in [0.2, 0.25) is 0 Å². The lowest BCUT2D eigenvalue weighted by molar-refractivity contribution is 0.191. The highest BCUT2D eigenvalue weighted by atomic mass is 127. The van der Waals surface area contributed by atoms with E-state index in [1.165, 1.54) is 14.9 Å². The van der Waals surface area contributed by atoms with Crippen molar-refractivity contribution in [3.63, 3.8) is 0 Å². The minimum atomic E-state index is 0.516. The average molecular weight is 332 g/mol. The molecule has 0 saturated carbocycles. The maximum Gasteiger partial charge on any atom is 0.0587 e. The molecule has 0 bridgehead atoms. The Morgan fingerprint density at radius 1 is 1.44 bits per heavy atom. The molecule has 88 valence electrons. The molecular weight excluding hydrogens is 315 g/mol. The van der Waals surface area contributed by atoms with Crippen LogP contribution in [0.3, 0.4) is 0 Å². The standard InChI is InChI=1S/C12H17IN2O/c1-16-6-2-3-10-8-14-12-7-9(13)4-5-11(12)15-10/h4-5,7,10,14-15H,2-3,6,8H2,1H3. The summed E-state index contributed by atoms with van der Waals surface area (Å²) in [6, 6.07) is 6.97. The predicted octanol–water partition coefficient (Wildman–Crippen LogP) is 2.92. The summed E-state index contributed by atoms with van der Waals surface area (Å²) in [4.78, 5) is 0. The summed E-state index contributed by atoms with van der Waals surface area (Å²) < 4.78 is 6.34. The zero-order valence-corrected chi connectivity index (χ0v) is 11.6. The number of nitrogens with one attached hydrogen (secondary N) is 2. The number of halogens is 1. The van der Waals surface area contributed by atoms with E-state index in [2.05, 4.69) is 51.4 Å². The van der Waals surface area contributed by atoms with E-state index in [1.54, 1.807) is 7.11 Å². The number of anilines is 2. The second kappa shape index (κ2) is 5.72. The van der Waals surface area contributed by atoms with E-state index in [1.807, 2.05) is 0 Å². The first-order valence-corrected chi connectivity index (χ1v) is 6.66. The fraction of sp³-hybridized carbons (Fsp3) is 0.500. The molecule has 2 rings (SSSR count). The largest absolute Gasteiger partial charge is 0.385 e. The van der Waals surface area contributed by atoms with Crippen LogP contribution in [0.5, 0.6) is 0 Å². The third kappa shape index (κ3) is 3.01. The van der Waals surface area contributed by atoms with Gasteiger partial charge in [-0.1, -0.05) is 0 Å². The van der Waals surface area contributed by atoms with Gasteiger partial charge in [0.1, 0.15) is 0 Å². The molecule has 1 aromatic carbocycles. The Hall–Kier alpha value is -0.490. The molecule has 0 fully saturated rings. The molecule has 1 aliphatic heterocycles. The Bertz CT molecular complexity index is 357. The summed E-state index contributed by atoms with van der Waals surface area (Å²) in [6.45, 7) is 1.84. The van der Waals surface area contributed by atoms with Gasteiger partial charge in [-0.05, 0) is 53.6 Å². The van der Waals surface area contributed by atoms with E-state index >= 15 is 0 Å². The molecule has 0 aromatic heterocycles. The number of methoxy groups -OCH3 is 1. The summed E-state index contributed by atoms with van der Waals surface area (Å²) in [6.07, 6.45) is 2.25. The van der Waals surface area contributed by atoms with Gasteiger partial charge in [0.05, 0.1) is 11.4 Å². The van der Waals surface area contributed by atoms with Crippen LogP contribution in [0.1, 0.15) is 12.8 Å². The van der Waals surface area contributed by atoms with Crippen molar-refractivity contribution in [3.05, 3.63) is 21.8 Å². The zero-order chi connectivity index (χ0) is 11.4. The van der Waals surface area contributed by atoms with Crippen molar-refractivity contribution in [2.45, 2.75) is 18.9 Å². The summed E-state index contributed by atoms with van der Waals surface area (Å²) in [5.41, 5.74) is 2.43. The second-order valence-electron chi connectivity index (χ2n) is 4.05. The summed E-state index contributed by atoms with van der Waals surface area (Å²) >= 11 is 2.33. The van der Waals surface area contributed by atoms with Crippen molar-refractivity contribution < 1.29 is 4.74 Å². The van der Waals surface area contributed by atoms with Crippen molar-refractivity contribution >= 4 is 34.0 Å². The molecule has 0 saturated heterocycles. The number of rotatable bonds is 4. The van der Waals surface area contributed by atoms with Gasteiger partial charge in [0.15, 0.2) is 0 Å². The number of hydrogen-bond donors (Lipinski definition) is 2. The highest BCUT2D eigenvalue weighted by Crippen LogP contribution is 2.28. The van der Waals surface area contributed by atoms with Crippen molar-refractivity contribution in [2.24, 2.45) is 0 Å². The third-order valence-corrected chi connectivity index (χ3v) is 3.45. The van der Waals surface area contributed by atoms with Gasteiger partial charge in [-0.25, -0.2) is 0 Å². The van der Waals surface area contributed by atoms with Gasteiger partial charge in [0.2, 0.25) is 0 Å². The Balaban J connectivity index is 1.93. The number of ether oxygens (including phenoxy) is 1. The van der Waals surface area contributed by atoms with E-state index in [9.17, 15) is 0 Å². The molecule has 0 amide bonds. The van der Waals surface area contributed by atoms with Gasteiger partial charge in [0, 0.05) is 29.9 Å². The fourth-order valence-electron chi connectivity index (χ4n) is 1.94. The predicted molar refractivity (Wildman–Crippen MR) is 76.2 cm³/mol. The quantitative estimate of drug-likeness (QED) is 0.657. The van der Waals surface area contributed by atoms with Crippen LogP contribution in [0.15, 0.2) is 18.2 Å². The topological polar surface area (TPSA) is 33.3 Å². The van der Waals surface area contributed by atoms with Crippen LogP contribution >= 0.6 is 22.6 Å². The molecule has 1 atom stereocenters. The van der Waals surface area contributed by atoms with E-state index < -0.39 is 0 Å². The summed E-state index contributed by atoms with van der Waals surface area (Å²) in [5.74, 6) is 0. The lowest BCUT2D eigenvalue weighted by Crippen LogP contribution is -2.33. The van der Waals surface area contributed by atoms with Crippen molar-refractivity contribution in [2.75, 3.05) is 30.9 Å². The first-order valence-electron chi connectivity index (χ1n) is 5.58. The Labute approximate surface area is 110 Å². The Morgan fingerprint density at radius 2 is 2.31 bits per heavy atom. The SMILES string of the molecule is COCCCC1CNc2cc(I)ccc2N1. The van der Waals surface area contributed by atoms with Crippen molar-refractivity contribution in [1.82, 2.24) is 0 Å². The average Bonchev–Trinajstić information content (AvgIpc) is 2.29. The second-order valence-corrected chi connectivity index (χ2v) is 5.29. The number of hydrogen-bond acceptors (Lipinski definition) is 3. The van der Waals surface area contributed by atoms with Crippen molar-refractivity contribution in [3.8, 4) is 0 Å². The molecular formula is C12H17IN2O. The van der Waals surface area contributed by atoms with Crippen LogP contribution in [0, 0.1) is 3.57 Å². The van der Waals surface area contributed by atoms with Crippen LogP contribution in [-0.4, -0.2) is 26.3 Å². The van der Waals surface area contributed by atoms with Gasteiger partial charge in [-0.3, -0.25) is 0 Å². The van der Waals surface area contributed by atoms with Gasteiger partial charge < -0.3 is 15.4 Å². The molecule has 16 heavy (non-hydrogen) atoms. The van der Waals surface area contributed by atoms with E-state index in [0.717, 1.165) is 26.0 Å². The Kier molecular flexibility index (Phi) is 4.29. The van der Waals surface area contributed by atoms with E-state index in [-0.39, 0.29) is 0 Å². The minimum absolute atomic E-state index is 0.516. The highest BCUT2D eigenvalue weighted by molar-refractivity contribution is 14.1. The monoisotopic (exact) mass is 332 g/mol. The van der Waals surface area contributed by atoms with Crippen LogP contribution in [0.4, 0.5) is 11.4 Å². The molecule has 3 nitrogen and oxygen atoms in total. The zero-order valence-electron chi connectivity index (χ0n) is 9.42. The molecule has 0 aliphatic carbocycles. The molecule has 1 heterocycles. The van der Waals surface area contributed by atoms with Crippen molar-refractivity contribution in [1.29, 1.82) is 0 Å². The van der Waals surface area contributed by atoms with Gasteiger partial charge in [0.25, 0.3) is 0 Å². The molecule has 4 heteroatoms. The maximum atomic E-state index is 5.07. The maximum absolute atomic E-state index is 5.07. The molecule has 2 N–H and O–H groups in total. The van der Waals surface area contributed by atoms with E-state index in [0.29, 0.717) is 6.04 Å².